The molecule has 0 saturated heterocycles. The van der Waals surface area contributed by atoms with Crippen LogP contribution in [0, 0.1) is 11.3 Å². The van der Waals surface area contributed by atoms with Crippen molar-refractivity contribution in [1.82, 2.24) is 9.61 Å². The number of benzene rings is 1. The van der Waals surface area contributed by atoms with Crippen molar-refractivity contribution in [2.45, 2.75) is 43.9 Å². The number of fused-ring (bicyclic) bond motifs is 1. The lowest BCUT2D eigenvalue weighted by atomic mass is 9.91. The third kappa shape index (κ3) is 6.09. The van der Waals surface area contributed by atoms with Crippen LogP contribution in [0.3, 0.4) is 0 Å². The highest BCUT2D eigenvalue weighted by Gasteiger charge is 2.38. The number of nitriles is 1. The number of carboxylic acid groups (broad SMARTS) is 1. The Balaban J connectivity index is 0.000000406. The van der Waals surface area contributed by atoms with Crippen LogP contribution in [-0.4, -0.2) is 38.9 Å². The Morgan fingerprint density at radius 1 is 1.21 bits per heavy atom. The van der Waals surface area contributed by atoms with Gasteiger partial charge in [0, 0.05) is 18.2 Å². The zero-order valence-corrected chi connectivity index (χ0v) is 18.6. The lowest BCUT2D eigenvalue weighted by Gasteiger charge is -2.28. The van der Waals surface area contributed by atoms with Gasteiger partial charge in [0.2, 0.25) is 0 Å². The van der Waals surface area contributed by atoms with E-state index in [1.54, 1.807) is 10.7 Å². The van der Waals surface area contributed by atoms with Crippen molar-refractivity contribution in [3.63, 3.8) is 0 Å². The predicted octanol–water partition coefficient (Wildman–Crippen LogP) is 4.92. The summed E-state index contributed by atoms with van der Waals surface area (Å²) in [5, 5.41) is 28.7. The Morgan fingerprint density at radius 3 is 2.44 bits per heavy atom. The summed E-state index contributed by atoms with van der Waals surface area (Å²) in [7, 11) is 0. The maximum atomic E-state index is 10.6. The van der Waals surface area contributed by atoms with Crippen LogP contribution in [-0.2, 0) is 4.79 Å². The van der Waals surface area contributed by atoms with Crippen molar-refractivity contribution in [3.05, 3.63) is 53.2 Å². The molecule has 0 amide bonds. The molecule has 180 valence electrons. The Kier molecular flexibility index (Phi) is 7.86. The minimum Gasteiger partial charge on any atom is -0.475 e. The van der Waals surface area contributed by atoms with Crippen LogP contribution in [0.4, 0.5) is 30.4 Å². The van der Waals surface area contributed by atoms with Crippen LogP contribution >= 0.6 is 11.6 Å². The van der Waals surface area contributed by atoms with Gasteiger partial charge in [-0.05, 0) is 43.9 Å². The number of hydrogen-bond acceptors (Lipinski definition) is 6. The van der Waals surface area contributed by atoms with Gasteiger partial charge in [0.25, 0.3) is 0 Å². The minimum absolute atomic E-state index is 0.285. The van der Waals surface area contributed by atoms with Crippen LogP contribution in [0.15, 0.2) is 42.6 Å². The molecule has 2 aromatic heterocycles. The number of halogens is 4. The van der Waals surface area contributed by atoms with Crippen LogP contribution in [0.5, 0.6) is 0 Å². The summed E-state index contributed by atoms with van der Waals surface area (Å²) in [5.74, 6) is -2.01. The average Bonchev–Trinajstić information content (AvgIpc) is 3.27. The lowest BCUT2D eigenvalue weighted by Crippen LogP contribution is -2.33. The number of anilines is 3. The molecule has 1 aliphatic carbocycles. The Hall–Kier alpha value is -3.49. The Bertz CT molecular complexity index is 1200. The molecule has 1 aromatic carbocycles. The van der Waals surface area contributed by atoms with Gasteiger partial charge >= 0.3 is 12.1 Å². The van der Waals surface area contributed by atoms with Crippen molar-refractivity contribution in [2.75, 3.05) is 10.6 Å². The molecule has 0 radical (unpaired) electrons. The molecule has 0 aliphatic heterocycles. The standard InChI is InChI=1S/C20H21ClN6.C2HF3O2/c21-16-3-1-2-4-17(16)26-20-11-18(25-14-7-5-13(23)6-8-14)15(12-22)19-9-10-24-27(19)20;3-2(4,5)1(6)7/h1-4,9-11,13-14,25-26H,5-8,23H2;(H,6,7). The van der Waals surface area contributed by atoms with E-state index in [2.05, 4.69) is 21.8 Å². The Morgan fingerprint density at radius 2 is 1.85 bits per heavy atom. The van der Waals surface area contributed by atoms with E-state index in [-0.39, 0.29) is 6.04 Å². The molecule has 0 bridgehead atoms. The van der Waals surface area contributed by atoms with Crippen LogP contribution in [0.1, 0.15) is 31.2 Å². The minimum atomic E-state index is -5.08. The van der Waals surface area contributed by atoms with Crippen LogP contribution in [0.25, 0.3) is 5.52 Å². The van der Waals surface area contributed by atoms with Gasteiger partial charge in [0.05, 0.1) is 28.1 Å². The van der Waals surface area contributed by atoms with Gasteiger partial charge in [-0.2, -0.15) is 23.5 Å². The maximum absolute atomic E-state index is 10.6. The topological polar surface area (TPSA) is 128 Å². The van der Waals surface area contributed by atoms with E-state index in [9.17, 15) is 18.4 Å². The number of carbonyl (C=O) groups is 1. The van der Waals surface area contributed by atoms with E-state index in [1.165, 1.54) is 0 Å². The molecule has 2 heterocycles. The fraction of sp³-hybridized carbons (Fsp3) is 0.318. The number of rotatable bonds is 4. The normalized spacial score (nSPS) is 17.9. The fourth-order valence-electron chi connectivity index (χ4n) is 3.60. The molecule has 1 fully saturated rings. The second kappa shape index (κ2) is 10.6. The number of nitrogens with zero attached hydrogens (tertiary/aromatic N) is 3. The second-order valence-electron chi connectivity index (χ2n) is 7.72. The number of aromatic nitrogens is 2. The molecule has 0 spiro atoms. The molecule has 0 atom stereocenters. The zero-order chi connectivity index (χ0) is 24.9. The van der Waals surface area contributed by atoms with Crippen LogP contribution in [0.2, 0.25) is 5.02 Å². The van der Waals surface area contributed by atoms with Crippen molar-refractivity contribution in [1.29, 1.82) is 5.26 Å². The number of pyridine rings is 1. The van der Waals surface area contributed by atoms with Crippen molar-refractivity contribution in [3.8, 4) is 6.07 Å². The monoisotopic (exact) mass is 494 g/mol. The number of hydrogen-bond donors (Lipinski definition) is 4. The third-order valence-corrected chi connectivity index (χ3v) is 5.63. The first-order chi connectivity index (χ1) is 16.1. The molecule has 1 aliphatic rings. The molecule has 8 nitrogen and oxygen atoms in total. The van der Waals surface area contributed by atoms with Gasteiger partial charge < -0.3 is 21.5 Å². The van der Waals surface area contributed by atoms with Crippen molar-refractivity contribution < 1.29 is 23.1 Å². The maximum Gasteiger partial charge on any atom is 0.490 e. The van der Waals surface area contributed by atoms with E-state index < -0.39 is 12.1 Å². The van der Waals surface area contributed by atoms with Gasteiger partial charge in [-0.15, -0.1) is 0 Å². The first-order valence-electron chi connectivity index (χ1n) is 10.3. The zero-order valence-electron chi connectivity index (χ0n) is 17.8. The molecule has 0 unspecified atom stereocenters. The lowest BCUT2D eigenvalue weighted by molar-refractivity contribution is -0.192. The van der Waals surface area contributed by atoms with E-state index in [0.29, 0.717) is 16.6 Å². The molecular formula is C22H22ClF3N6O2. The van der Waals surface area contributed by atoms with E-state index in [0.717, 1.165) is 48.4 Å². The van der Waals surface area contributed by atoms with Crippen molar-refractivity contribution in [2.24, 2.45) is 5.73 Å². The molecule has 12 heteroatoms. The smallest absolute Gasteiger partial charge is 0.475 e. The summed E-state index contributed by atoms with van der Waals surface area (Å²) < 4.78 is 33.5. The molecule has 3 aromatic rings. The summed E-state index contributed by atoms with van der Waals surface area (Å²) in [6.45, 7) is 0. The first kappa shape index (κ1) is 25.1. The number of para-hydroxylation sites is 1. The average molecular weight is 495 g/mol. The summed E-state index contributed by atoms with van der Waals surface area (Å²) in [6.07, 6.45) is 0.614. The number of carboxylic acids is 1. The summed E-state index contributed by atoms with van der Waals surface area (Å²) in [4.78, 5) is 8.90. The molecule has 34 heavy (non-hydrogen) atoms. The fourth-order valence-corrected chi connectivity index (χ4v) is 3.78. The van der Waals surface area contributed by atoms with E-state index in [4.69, 9.17) is 27.2 Å². The highest BCUT2D eigenvalue weighted by Crippen LogP contribution is 2.31. The predicted molar refractivity (Wildman–Crippen MR) is 122 cm³/mol. The molecule has 5 N–H and O–H groups in total. The van der Waals surface area contributed by atoms with Crippen LogP contribution < -0.4 is 16.4 Å². The van der Waals surface area contributed by atoms with Gasteiger partial charge in [-0.1, -0.05) is 23.7 Å². The summed E-state index contributed by atoms with van der Waals surface area (Å²) in [6, 6.07) is 14.2. The largest absolute Gasteiger partial charge is 0.490 e. The third-order valence-electron chi connectivity index (χ3n) is 5.30. The van der Waals surface area contributed by atoms with E-state index in [1.807, 2.05) is 36.4 Å². The Labute approximate surface area is 198 Å². The number of aliphatic carboxylic acids is 1. The summed E-state index contributed by atoms with van der Waals surface area (Å²) >= 11 is 6.29. The SMILES string of the molecule is N#Cc1c(NC2CCC(N)CC2)cc(Nc2ccccc2Cl)n2nccc12.O=C(O)C(F)(F)F. The van der Waals surface area contributed by atoms with Gasteiger partial charge in [-0.25, -0.2) is 9.31 Å². The molecule has 4 rings (SSSR count). The molecular weight excluding hydrogens is 473 g/mol. The number of nitrogens with two attached hydrogens (primary N) is 1. The van der Waals surface area contributed by atoms with Gasteiger partial charge in [-0.3, -0.25) is 0 Å². The molecule has 1 saturated carbocycles. The van der Waals surface area contributed by atoms with Gasteiger partial charge in [0.1, 0.15) is 17.5 Å². The van der Waals surface area contributed by atoms with Gasteiger partial charge in [0.15, 0.2) is 0 Å². The quantitative estimate of drug-likeness (QED) is 0.405. The van der Waals surface area contributed by atoms with E-state index >= 15 is 0 Å². The second-order valence-corrected chi connectivity index (χ2v) is 8.13. The highest BCUT2D eigenvalue weighted by molar-refractivity contribution is 6.33. The first-order valence-corrected chi connectivity index (χ1v) is 10.7. The summed E-state index contributed by atoms with van der Waals surface area (Å²) in [5.41, 5.74) is 8.95. The highest BCUT2D eigenvalue weighted by atomic mass is 35.5. The number of alkyl halides is 3. The number of nitrogens with one attached hydrogen (secondary N) is 2. The van der Waals surface area contributed by atoms with Crippen molar-refractivity contribution >= 4 is 40.3 Å².